The van der Waals surface area contributed by atoms with E-state index >= 15 is 0 Å². The van der Waals surface area contributed by atoms with Crippen LogP contribution < -0.4 is 0 Å². The maximum atomic E-state index is 10.7. The van der Waals surface area contributed by atoms with Crippen LogP contribution in [-0.2, 0) is 0 Å². The minimum atomic E-state index is -0.0156. The zero-order valence-corrected chi connectivity index (χ0v) is 14.2. The van der Waals surface area contributed by atoms with E-state index in [0.29, 0.717) is 5.75 Å². The van der Waals surface area contributed by atoms with Crippen LogP contribution in [0.4, 0.5) is 0 Å². The lowest BCUT2D eigenvalue weighted by molar-refractivity contribution is 0.243. The highest BCUT2D eigenvalue weighted by molar-refractivity contribution is 7.99. The number of aromatic hydroxyl groups is 1. The van der Waals surface area contributed by atoms with Gasteiger partial charge in [-0.25, -0.2) is 0 Å². The van der Waals surface area contributed by atoms with Crippen molar-refractivity contribution in [2.24, 2.45) is 0 Å². The number of nitrogens with zero attached hydrogens (tertiary/aromatic N) is 2. The number of phenols is 1. The van der Waals surface area contributed by atoms with Gasteiger partial charge < -0.3 is 5.11 Å². The molecule has 1 saturated heterocycles. The van der Waals surface area contributed by atoms with Crippen LogP contribution in [-0.4, -0.2) is 39.6 Å². The number of pyridine rings is 1. The Hall–Kier alpha value is -2.04. The molecular weight excluding hydrogens is 316 g/mol. The maximum absolute atomic E-state index is 10.7. The quantitative estimate of drug-likeness (QED) is 0.782. The zero-order chi connectivity index (χ0) is 16.4. The fourth-order valence-electron chi connectivity index (χ4n) is 3.46. The minimum absolute atomic E-state index is 0.0156. The van der Waals surface area contributed by atoms with Crippen molar-refractivity contribution < 1.29 is 5.11 Å². The van der Waals surface area contributed by atoms with E-state index in [2.05, 4.69) is 28.1 Å². The number of rotatable bonds is 3. The summed E-state index contributed by atoms with van der Waals surface area (Å²) < 4.78 is 0. The van der Waals surface area contributed by atoms with E-state index in [-0.39, 0.29) is 6.04 Å². The molecule has 0 bridgehead atoms. The van der Waals surface area contributed by atoms with Gasteiger partial charge in [-0.05, 0) is 29.0 Å². The van der Waals surface area contributed by atoms with Crippen LogP contribution in [0.25, 0.3) is 10.8 Å². The van der Waals surface area contributed by atoms with E-state index in [9.17, 15) is 5.11 Å². The lowest BCUT2D eigenvalue weighted by Crippen LogP contribution is -2.37. The van der Waals surface area contributed by atoms with Crippen molar-refractivity contribution in [3.05, 3.63) is 72.1 Å². The Kier molecular flexibility index (Phi) is 4.41. The van der Waals surface area contributed by atoms with Gasteiger partial charge in [0.1, 0.15) is 5.75 Å². The fraction of sp³-hybridized carbons (Fsp3) is 0.250. The Morgan fingerprint density at radius 3 is 2.54 bits per heavy atom. The van der Waals surface area contributed by atoms with Crippen LogP contribution in [0.2, 0.25) is 0 Å². The third kappa shape index (κ3) is 2.87. The first kappa shape index (κ1) is 15.5. The van der Waals surface area contributed by atoms with E-state index in [1.54, 1.807) is 0 Å². The van der Waals surface area contributed by atoms with Crippen molar-refractivity contribution in [3.8, 4) is 5.75 Å². The molecule has 1 aromatic heterocycles. The lowest BCUT2D eigenvalue weighted by Gasteiger charge is -2.35. The summed E-state index contributed by atoms with van der Waals surface area (Å²) in [5.74, 6) is 2.59. The van der Waals surface area contributed by atoms with Crippen molar-refractivity contribution in [3.63, 3.8) is 0 Å². The molecule has 1 N–H and O–H groups in total. The van der Waals surface area contributed by atoms with Gasteiger partial charge in [0, 0.05) is 36.4 Å². The molecule has 2 aromatic carbocycles. The summed E-state index contributed by atoms with van der Waals surface area (Å²) in [6, 6.07) is 18.1. The van der Waals surface area contributed by atoms with Gasteiger partial charge in [-0.3, -0.25) is 9.88 Å². The number of hydrogen-bond acceptors (Lipinski definition) is 4. The van der Waals surface area contributed by atoms with Gasteiger partial charge in [-0.1, -0.05) is 36.4 Å². The van der Waals surface area contributed by atoms with Crippen molar-refractivity contribution in [2.45, 2.75) is 6.04 Å². The first-order valence-electron chi connectivity index (χ1n) is 8.28. The predicted molar refractivity (Wildman–Crippen MR) is 101 cm³/mol. The summed E-state index contributed by atoms with van der Waals surface area (Å²) in [6.07, 6.45) is 1.84. The number of fused-ring (bicyclic) bond motifs is 1. The normalized spacial score (nSPS) is 17.0. The Morgan fingerprint density at radius 2 is 1.75 bits per heavy atom. The Labute approximate surface area is 146 Å². The standard InChI is InChI=1S/C20H20N2OS/c23-18-9-8-15-5-1-2-6-16(15)19(18)20(17-7-3-4-10-21-17)22-11-13-24-14-12-22/h1-10,20,23H,11-14H2. The fourth-order valence-corrected chi connectivity index (χ4v) is 4.39. The van der Waals surface area contributed by atoms with Gasteiger partial charge in [-0.2, -0.15) is 11.8 Å². The third-order valence-corrected chi connectivity index (χ3v) is 5.54. The lowest BCUT2D eigenvalue weighted by atomic mass is 9.94. The topological polar surface area (TPSA) is 36.4 Å². The molecule has 1 aliphatic heterocycles. The molecule has 122 valence electrons. The second-order valence-electron chi connectivity index (χ2n) is 6.02. The summed E-state index contributed by atoms with van der Waals surface area (Å²) in [4.78, 5) is 7.06. The monoisotopic (exact) mass is 336 g/mol. The molecule has 0 saturated carbocycles. The number of thioether (sulfide) groups is 1. The van der Waals surface area contributed by atoms with Crippen LogP contribution in [0.3, 0.4) is 0 Å². The summed E-state index contributed by atoms with van der Waals surface area (Å²) in [5, 5.41) is 13.0. The van der Waals surface area contributed by atoms with Crippen LogP contribution in [0.1, 0.15) is 17.3 Å². The molecule has 3 nitrogen and oxygen atoms in total. The molecule has 24 heavy (non-hydrogen) atoms. The van der Waals surface area contributed by atoms with E-state index < -0.39 is 0 Å². The Balaban J connectivity index is 1.92. The van der Waals surface area contributed by atoms with E-state index in [4.69, 9.17) is 0 Å². The number of aromatic nitrogens is 1. The minimum Gasteiger partial charge on any atom is -0.508 e. The summed E-state index contributed by atoms with van der Waals surface area (Å²) >= 11 is 1.99. The maximum Gasteiger partial charge on any atom is 0.121 e. The average Bonchev–Trinajstić information content (AvgIpc) is 2.66. The van der Waals surface area contributed by atoms with Crippen molar-refractivity contribution in [1.82, 2.24) is 9.88 Å². The first-order chi connectivity index (χ1) is 11.8. The summed E-state index contributed by atoms with van der Waals surface area (Å²) in [5.41, 5.74) is 1.97. The Morgan fingerprint density at radius 1 is 0.958 bits per heavy atom. The predicted octanol–water partition coefficient (Wildman–Crippen LogP) is 4.08. The average molecular weight is 336 g/mol. The molecule has 1 aliphatic rings. The molecule has 0 radical (unpaired) electrons. The van der Waals surface area contributed by atoms with Gasteiger partial charge in [0.05, 0.1) is 11.7 Å². The van der Waals surface area contributed by atoms with E-state index in [1.807, 2.05) is 54.4 Å². The zero-order valence-electron chi connectivity index (χ0n) is 13.4. The van der Waals surface area contributed by atoms with E-state index in [0.717, 1.165) is 46.6 Å². The highest BCUT2D eigenvalue weighted by Crippen LogP contribution is 2.39. The van der Waals surface area contributed by atoms with Crippen LogP contribution >= 0.6 is 11.8 Å². The van der Waals surface area contributed by atoms with Crippen LogP contribution in [0.15, 0.2) is 60.8 Å². The molecule has 4 rings (SSSR count). The first-order valence-corrected chi connectivity index (χ1v) is 9.43. The van der Waals surface area contributed by atoms with Gasteiger partial charge in [0.2, 0.25) is 0 Å². The molecule has 0 amide bonds. The molecule has 0 aliphatic carbocycles. The van der Waals surface area contributed by atoms with Crippen LogP contribution in [0.5, 0.6) is 5.75 Å². The molecule has 1 unspecified atom stereocenters. The highest BCUT2D eigenvalue weighted by Gasteiger charge is 2.28. The second-order valence-corrected chi connectivity index (χ2v) is 7.25. The summed E-state index contributed by atoms with van der Waals surface area (Å²) in [7, 11) is 0. The third-order valence-electron chi connectivity index (χ3n) is 4.60. The number of hydrogen-bond donors (Lipinski definition) is 1. The van der Waals surface area contributed by atoms with Gasteiger partial charge in [-0.15, -0.1) is 0 Å². The van der Waals surface area contributed by atoms with Gasteiger partial charge >= 0.3 is 0 Å². The largest absolute Gasteiger partial charge is 0.508 e. The highest BCUT2D eigenvalue weighted by atomic mass is 32.2. The van der Waals surface area contributed by atoms with Crippen molar-refractivity contribution >= 4 is 22.5 Å². The summed E-state index contributed by atoms with van der Waals surface area (Å²) in [6.45, 7) is 2.02. The van der Waals surface area contributed by atoms with E-state index in [1.165, 1.54) is 0 Å². The van der Waals surface area contributed by atoms with Crippen LogP contribution in [0, 0.1) is 0 Å². The molecule has 4 heteroatoms. The molecule has 3 aromatic rings. The number of phenolic OH excluding ortho intramolecular Hbond substituents is 1. The number of benzene rings is 2. The van der Waals surface area contributed by atoms with Gasteiger partial charge in [0.25, 0.3) is 0 Å². The smallest absolute Gasteiger partial charge is 0.121 e. The SMILES string of the molecule is Oc1ccc2ccccc2c1C(c1ccccn1)N1CCSCC1. The molecular formula is C20H20N2OS. The second kappa shape index (κ2) is 6.83. The van der Waals surface area contributed by atoms with Crippen molar-refractivity contribution in [2.75, 3.05) is 24.6 Å². The molecule has 0 spiro atoms. The molecule has 1 fully saturated rings. The Bertz CT molecular complexity index is 831. The van der Waals surface area contributed by atoms with Gasteiger partial charge in [0.15, 0.2) is 0 Å². The molecule has 1 atom stereocenters. The molecule has 2 heterocycles. The van der Waals surface area contributed by atoms with Crippen molar-refractivity contribution in [1.29, 1.82) is 0 Å².